The molecule has 0 unspecified atom stereocenters. The second-order valence-corrected chi connectivity index (χ2v) is 1.90. The highest BCUT2D eigenvalue weighted by Gasteiger charge is 2.10. The average Bonchev–Trinajstić information content (AvgIpc) is 2.04. The molecule has 0 saturated carbocycles. The Morgan fingerprint density at radius 1 is 1.36 bits per heavy atom. The van der Waals surface area contributed by atoms with Gasteiger partial charge >= 0.3 is 5.97 Å². The number of carbonyl (C=O) groups is 1. The van der Waals surface area contributed by atoms with Crippen molar-refractivity contribution in [1.29, 1.82) is 0 Å². The zero-order chi connectivity index (χ0) is 8.27. The molecule has 1 rings (SSSR count). The molecular formula is C7H6O4. The number of hydrogen-bond donors (Lipinski definition) is 2. The third kappa shape index (κ3) is 1.47. The van der Waals surface area contributed by atoms with Gasteiger partial charge in [0, 0.05) is 0 Å². The lowest BCUT2D eigenvalue weighted by molar-refractivity contribution is -0.182. The normalized spacial score (nSPS) is 9.18. The molecule has 0 spiro atoms. The molecule has 1 aromatic rings. The monoisotopic (exact) mass is 154 g/mol. The molecule has 0 atom stereocenters. The highest BCUT2D eigenvalue weighted by molar-refractivity contribution is 5.91. The van der Waals surface area contributed by atoms with Gasteiger partial charge < -0.3 is 5.11 Å². The molecule has 2 N–H and O–H groups in total. The summed E-state index contributed by atoms with van der Waals surface area (Å²) < 4.78 is 0. The van der Waals surface area contributed by atoms with Crippen molar-refractivity contribution in [2.45, 2.75) is 0 Å². The van der Waals surface area contributed by atoms with Gasteiger partial charge in [-0.1, -0.05) is 12.1 Å². The fraction of sp³-hybridized carbons (Fsp3) is 0. The maximum absolute atomic E-state index is 10.6. The van der Waals surface area contributed by atoms with Crippen molar-refractivity contribution >= 4 is 5.97 Å². The van der Waals surface area contributed by atoms with E-state index in [4.69, 9.17) is 10.4 Å². The van der Waals surface area contributed by atoms with E-state index in [0.717, 1.165) is 0 Å². The van der Waals surface area contributed by atoms with E-state index in [1.807, 2.05) is 0 Å². The standard InChI is InChI=1S/C7H6O4/c8-6-4-2-1-3-5(6)7(9)11-10/h1-4,8,10H. The van der Waals surface area contributed by atoms with Crippen LogP contribution in [0.1, 0.15) is 10.4 Å². The Kier molecular flexibility index (Phi) is 2.08. The van der Waals surface area contributed by atoms with Crippen molar-refractivity contribution in [3.8, 4) is 5.75 Å². The summed E-state index contributed by atoms with van der Waals surface area (Å²) in [6, 6.07) is 5.77. The van der Waals surface area contributed by atoms with Crippen LogP contribution in [0.25, 0.3) is 0 Å². The Bertz CT molecular complexity index is 269. The molecule has 0 fully saturated rings. The maximum Gasteiger partial charge on any atom is 0.376 e. The first-order valence-corrected chi connectivity index (χ1v) is 2.89. The van der Waals surface area contributed by atoms with Gasteiger partial charge in [0.2, 0.25) is 0 Å². The Labute approximate surface area is 62.6 Å². The number of phenolic OH excluding ortho intramolecular Hbond substituents is 1. The fourth-order valence-corrected chi connectivity index (χ4v) is 0.695. The third-order valence-corrected chi connectivity index (χ3v) is 1.21. The summed E-state index contributed by atoms with van der Waals surface area (Å²) >= 11 is 0. The van der Waals surface area contributed by atoms with Gasteiger partial charge in [0.25, 0.3) is 0 Å². The van der Waals surface area contributed by atoms with E-state index in [1.54, 1.807) is 12.1 Å². The summed E-state index contributed by atoms with van der Waals surface area (Å²) in [6.07, 6.45) is 0. The van der Waals surface area contributed by atoms with Crippen molar-refractivity contribution in [3.63, 3.8) is 0 Å². The lowest BCUT2D eigenvalue weighted by atomic mass is 10.2. The van der Waals surface area contributed by atoms with Crippen LogP contribution in [-0.2, 0) is 4.89 Å². The predicted molar refractivity (Wildman–Crippen MR) is 36.2 cm³/mol. The van der Waals surface area contributed by atoms with Crippen LogP contribution in [0.5, 0.6) is 5.75 Å². The number of benzene rings is 1. The van der Waals surface area contributed by atoms with Crippen molar-refractivity contribution in [2.24, 2.45) is 0 Å². The number of phenols is 1. The summed E-state index contributed by atoms with van der Waals surface area (Å²) in [4.78, 5) is 14.0. The largest absolute Gasteiger partial charge is 0.507 e. The van der Waals surface area contributed by atoms with Crippen LogP contribution < -0.4 is 0 Å². The topological polar surface area (TPSA) is 66.8 Å². The Hall–Kier alpha value is -1.55. The summed E-state index contributed by atoms with van der Waals surface area (Å²) in [6.45, 7) is 0. The molecule has 0 aliphatic heterocycles. The van der Waals surface area contributed by atoms with Crippen molar-refractivity contribution < 1.29 is 20.0 Å². The van der Waals surface area contributed by atoms with E-state index in [9.17, 15) is 4.79 Å². The molecule has 0 amide bonds. The molecule has 0 saturated heterocycles. The minimum atomic E-state index is -0.969. The van der Waals surface area contributed by atoms with Crippen molar-refractivity contribution in [2.75, 3.05) is 0 Å². The van der Waals surface area contributed by atoms with Crippen LogP contribution >= 0.6 is 0 Å². The molecular weight excluding hydrogens is 148 g/mol. The van der Waals surface area contributed by atoms with Crippen LogP contribution in [0.2, 0.25) is 0 Å². The van der Waals surface area contributed by atoms with Gasteiger partial charge in [0.05, 0.1) is 0 Å². The van der Waals surface area contributed by atoms with Gasteiger partial charge in [-0.3, -0.25) is 4.89 Å². The molecule has 58 valence electrons. The first-order valence-electron chi connectivity index (χ1n) is 2.89. The molecule has 1 aromatic carbocycles. The highest BCUT2D eigenvalue weighted by atomic mass is 17.1. The molecule has 0 radical (unpaired) electrons. The Morgan fingerprint density at radius 3 is 2.55 bits per heavy atom. The van der Waals surface area contributed by atoms with Crippen LogP contribution in [0.4, 0.5) is 0 Å². The van der Waals surface area contributed by atoms with E-state index in [1.165, 1.54) is 12.1 Å². The summed E-state index contributed by atoms with van der Waals surface area (Å²) in [5.41, 5.74) is -0.0602. The zero-order valence-electron chi connectivity index (χ0n) is 5.52. The van der Waals surface area contributed by atoms with E-state index in [0.29, 0.717) is 0 Å². The average molecular weight is 154 g/mol. The second kappa shape index (κ2) is 3.03. The SMILES string of the molecule is O=C(OO)c1ccccc1O. The smallest absolute Gasteiger partial charge is 0.376 e. The number of rotatable bonds is 1. The number of carbonyl (C=O) groups excluding carboxylic acids is 1. The Morgan fingerprint density at radius 2 is 2.00 bits per heavy atom. The minimum absolute atomic E-state index is 0.0602. The van der Waals surface area contributed by atoms with Crippen LogP contribution in [0.15, 0.2) is 24.3 Å². The summed E-state index contributed by atoms with van der Waals surface area (Å²) in [5, 5.41) is 17.0. The lowest BCUT2D eigenvalue weighted by Crippen LogP contribution is -2.01. The molecule has 0 aliphatic rings. The third-order valence-electron chi connectivity index (χ3n) is 1.21. The van der Waals surface area contributed by atoms with Gasteiger partial charge in [-0.15, -0.1) is 0 Å². The highest BCUT2D eigenvalue weighted by Crippen LogP contribution is 2.15. The molecule has 0 aromatic heterocycles. The van der Waals surface area contributed by atoms with Gasteiger partial charge in [0.15, 0.2) is 0 Å². The van der Waals surface area contributed by atoms with Gasteiger partial charge in [-0.25, -0.2) is 4.79 Å². The van der Waals surface area contributed by atoms with E-state index < -0.39 is 5.97 Å². The van der Waals surface area contributed by atoms with Gasteiger partial charge in [-0.2, -0.15) is 5.26 Å². The first-order chi connectivity index (χ1) is 5.25. The quantitative estimate of drug-likeness (QED) is 0.468. The second-order valence-electron chi connectivity index (χ2n) is 1.90. The number of hydrogen-bond acceptors (Lipinski definition) is 4. The zero-order valence-corrected chi connectivity index (χ0v) is 5.52. The molecule has 11 heavy (non-hydrogen) atoms. The van der Waals surface area contributed by atoms with Crippen molar-refractivity contribution in [3.05, 3.63) is 29.8 Å². The number of para-hydroxylation sites is 1. The molecule has 0 aliphatic carbocycles. The van der Waals surface area contributed by atoms with Gasteiger partial charge in [0.1, 0.15) is 11.3 Å². The van der Waals surface area contributed by atoms with E-state index >= 15 is 0 Å². The molecule has 0 heterocycles. The van der Waals surface area contributed by atoms with Crippen LogP contribution in [0.3, 0.4) is 0 Å². The van der Waals surface area contributed by atoms with Crippen LogP contribution in [-0.4, -0.2) is 16.3 Å². The molecule has 0 bridgehead atoms. The molecule has 4 heteroatoms. The summed E-state index contributed by atoms with van der Waals surface area (Å²) in [5.74, 6) is -1.19. The maximum atomic E-state index is 10.6. The van der Waals surface area contributed by atoms with Gasteiger partial charge in [-0.05, 0) is 12.1 Å². The number of aromatic hydroxyl groups is 1. The lowest BCUT2D eigenvalue weighted by Gasteiger charge is -1.97. The fourth-order valence-electron chi connectivity index (χ4n) is 0.695. The van der Waals surface area contributed by atoms with E-state index in [2.05, 4.69) is 4.89 Å². The summed E-state index contributed by atoms with van der Waals surface area (Å²) in [7, 11) is 0. The minimum Gasteiger partial charge on any atom is -0.507 e. The Balaban J connectivity index is 3.03. The molecule has 4 nitrogen and oxygen atoms in total. The first kappa shape index (κ1) is 7.56. The van der Waals surface area contributed by atoms with Crippen LogP contribution in [0, 0.1) is 0 Å². The van der Waals surface area contributed by atoms with E-state index in [-0.39, 0.29) is 11.3 Å². The van der Waals surface area contributed by atoms with Crippen molar-refractivity contribution in [1.82, 2.24) is 0 Å². The predicted octanol–water partition coefficient (Wildman–Crippen LogP) is 1.02.